The summed E-state index contributed by atoms with van der Waals surface area (Å²) in [6.07, 6.45) is 3.40. The molecule has 0 fully saturated rings. The van der Waals surface area contributed by atoms with Gasteiger partial charge in [0.15, 0.2) is 0 Å². The Balaban J connectivity index is 1.90. The molecule has 0 radical (unpaired) electrons. The maximum atomic E-state index is 12.9. The molecule has 0 bridgehead atoms. The van der Waals surface area contributed by atoms with Gasteiger partial charge >= 0.3 is 0 Å². The molecule has 0 saturated heterocycles. The van der Waals surface area contributed by atoms with E-state index < -0.39 is 9.84 Å². The quantitative estimate of drug-likeness (QED) is 0.596. The molecule has 2 aromatic heterocycles. The van der Waals surface area contributed by atoms with Crippen LogP contribution >= 0.6 is 0 Å². The van der Waals surface area contributed by atoms with Gasteiger partial charge in [0.2, 0.25) is 15.0 Å². The monoisotopic (exact) mass is 401 g/mol. The van der Waals surface area contributed by atoms with Crippen LogP contribution in [0.4, 0.5) is 0 Å². The Kier molecular flexibility index (Phi) is 6.31. The molecule has 0 aliphatic rings. The molecule has 150 valence electrons. The Bertz CT molecular complexity index is 979. The Morgan fingerprint density at radius 3 is 2.54 bits per heavy atom. The van der Waals surface area contributed by atoms with Crippen molar-refractivity contribution in [1.29, 1.82) is 0 Å². The highest BCUT2D eigenvalue weighted by Gasteiger charge is 2.25. The normalized spacial score (nSPS) is 12.2. The van der Waals surface area contributed by atoms with Crippen LogP contribution < -0.4 is 0 Å². The Morgan fingerprint density at radius 2 is 1.89 bits per heavy atom. The van der Waals surface area contributed by atoms with Crippen LogP contribution in [0, 0.1) is 5.92 Å². The number of sulfone groups is 1. The van der Waals surface area contributed by atoms with Crippen LogP contribution in [-0.2, 0) is 29.5 Å². The topological polar surface area (TPSA) is 83.9 Å². The van der Waals surface area contributed by atoms with Gasteiger partial charge < -0.3 is 4.57 Å². The summed E-state index contributed by atoms with van der Waals surface area (Å²) in [6.45, 7) is 5.55. The Labute approximate surface area is 166 Å². The van der Waals surface area contributed by atoms with Gasteiger partial charge in [0.1, 0.15) is 0 Å². The fourth-order valence-electron chi connectivity index (χ4n) is 3.21. The van der Waals surface area contributed by atoms with Crippen LogP contribution in [-0.4, -0.2) is 45.9 Å². The fraction of sp³-hybridized carbons (Fsp3) is 0.400. The first kappa shape index (κ1) is 20.3. The van der Waals surface area contributed by atoms with E-state index in [0.717, 1.165) is 17.0 Å². The van der Waals surface area contributed by atoms with E-state index in [9.17, 15) is 8.42 Å². The molecular weight excluding hydrogens is 374 g/mol. The molecule has 3 aromatic rings. The second-order valence-electron chi connectivity index (χ2n) is 7.53. The minimum Gasteiger partial charge on any atom is -0.313 e. The van der Waals surface area contributed by atoms with Crippen LogP contribution in [0.3, 0.4) is 0 Å². The van der Waals surface area contributed by atoms with Crippen molar-refractivity contribution in [1.82, 2.24) is 24.6 Å². The first-order chi connectivity index (χ1) is 13.3. The molecule has 0 amide bonds. The second-order valence-corrected chi connectivity index (χ2v) is 9.46. The zero-order valence-corrected chi connectivity index (χ0v) is 17.4. The number of rotatable bonds is 9. The fourth-order valence-corrected chi connectivity index (χ4v) is 4.97. The van der Waals surface area contributed by atoms with Crippen molar-refractivity contribution in [2.75, 3.05) is 12.8 Å². The van der Waals surface area contributed by atoms with Gasteiger partial charge in [0.05, 0.1) is 24.2 Å². The highest BCUT2D eigenvalue weighted by atomic mass is 32.2. The number of aromatic nitrogens is 4. The molecule has 3 rings (SSSR count). The number of hydrogen-bond acceptors (Lipinski definition) is 5. The lowest BCUT2D eigenvalue weighted by atomic mass is 10.2. The van der Waals surface area contributed by atoms with E-state index in [1.54, 1.807) is 12.4 Å². The second kappa shape index (κ2) is 8.70. The molecule has 2 heterocycles. The SMILES string of the molecule is CC(C)CS(=O)(=O)c1ncc(CN(C)Cc2ccn[nH]2)n1Cc1ccccc1. The third-order valence-electron chi connectivity index (χ3n) is 4.35. The lowest BCUT2D eigenvalue weighted by Gasteiger charge is -2.18. The number of benzene rings is 1. The number of imidazole rings is 1. The summed E-state index contributed by atoms with van der Waals surface area (Å²) in [4.78, 5) is 6.42. The van der Waals surface area contributed by atoms with Crippen molar-refractivity contribution >= 4 is 9.84 Å². The third-order valence-corrected chi connectivity index (χ3v) is 6.33. The lowest BCUT2D eigenvalue weighted by molar-refractivity contribution is 0.305. The van der Waals surface area contributed by atoms with Crippen LogP contribution in [0.1, 0.15) is 30.8 Å². The van der Waals surface area contributed by atoms with Gasteiger partial charge in [-0.2, -0.15) is 5.10 Å². The van der Waals surface area contributed by atoms with E-state index in [1.807, 2.05) is 61.9 Å². The van der Waals surface area contributed by atoms with Crippen molar-refractivity contribution in [2.24, 2.45) is 5.92 Å². The van der Waals surface area contributed by atoms with E-state index in [0.29, 0.717) is 19.6 Å². The molecule has 1 N–H and O–H groups in total. The summed E-state index contributed by atoms with van der Waals surface area (Å²) < 4.78 is 27.6. The molecule has 1 aromatic carbocycles. The number of nitrogens with zero attached hydrogens (tertiary/aromatic N) is 4. The van der Waals surface area contributed by atoms with Crippen molar-refractivity contribution in [2.45, 2.75) is 38.6 Å². The highest BCUT2D eigenvalue weighted by molar-refractivity contribution is 7.91. The average molecular weight is 402 g/mol. The predicted molar refractivity (Wildman–Crippen MR) is 108 cm³/mol. The van der Waals surface area contributed by atoms with Gasteiger partial charge in [-0.1, -0.05) is 44.2 Å². The summed E-state index contributed by atoms with van der Waals surface area (Å²) in [5, 5.41) is 7.07. The molecule has 0 unspecified atom stereocenters. The predicted octanol–water partition coefficient (Wildman–Crippen LogP) is 2.72. The molecular formula is C20H27N5O2S. The zero-order chi connectivity index (χ0) is 20.1. The Morgan fingerprint density at radius 1 is 1.14 bits per heavy atom. The molecule has 28 heavy (non-hydrogen) atoms. The van der Waals surface area contributed by atoms with Gasteiger partial charge in [-0.15, -0.1) is 0 Å². The molecule has 7 nitrogen and oxygen atoms in total. The zero-order valence-electron chi connectivity index (χ0n) is 16.5. The largest absolute Gasteiger partial charge is 0.313 e. The van der Waals surface area contributed by atoms with Gasteiger partial charge in [-0.25, -0.2) is 13.4 Å². The molecule has 8 heteroatoms. The summed E-state index contributed by atoms with van der Waals surface area (Å²) in [7, 11) is -1.47. The maximum absolute atomic E-state index is 12.9. The summed E-state index contributed by atoms with van der Waals surface area (Å²) in [5.41, 5.74) is 2.91. The summed E-state index contributed by atoms with van der Waals surface area (Å²) >= 11 is 0. The minimum absolute atomic E-state index is 0.0402. The number of nitrogens with one attached hydrogen (secondary N) is 1. The van der Waals surface area contributed by atoms with Crippen LogP contribution in [0.2, 0.25) is 0 Å². The summed E-state index contributed by atoms with van der Waals surface area (Å²) in [6, 6.07) is 11.8. The first-order valence-electron chi connectivity index (χ1n) is 9.33. The lowest BCUT2D eigenvalue weighted by Crippen LogP contribution is -2.22. The smallest absolute Gasteiger partial charge is 0.228 e. The van der Waals surface area contributed by atoms with Crippen molar-refractivity contribution in [3.8, 4) is 0 Å². The summed E-state index contributed by atoms with van der Waals surface area (Å²) in [5.74, 6) is 0.126. The molecule has 0 atom stereocenters. The van der Waals surface area contributed by atoms with Gasteiger partial charge in [-0.05, 0) is 24.6 Å². The van der Waals surface area contributed by atoms with E-state index in [4.69, 9.17) is 0 Å². The van der Waals surface area contributed by atoms with E-state index in [1.165, 1.54) is 0 Å². The van der Waals surface area contributed by atoms with Crippen molar-refractivity contribution < 1.29 is 8.42 Å². The van der Waals surface area contributed by atoms with Gasteiger partial charge in [0.25, 0.3) is 0 Å². The molecule has 0 saturated carbocycles. The number of hydrogen-bond donors (Lipinski definition) is 1. The maximum Gasteiger partial charge on any atom is 0.228 e. The highest BCUT2D eigenvalue weighted by Crippen LogP contribution is 2.19. The average Bonchev–Trinajstić information content (AvgIpc) is 3.25. The van der Waals surface area contributed by atoms with Crippen LogP contribution in [0.5, 0.6) is 0 Å². The third kappa shape index (κ3) is 5.08. The van der Waals surface area contributed by atoms with Crippen molar-refractivity contribution in [3.63, 3.8) is 0 Å². The standard InChI is InChI=1S/C20H27N5O2S/c1-16(2)15-28(26,27)20-21-11-19(14-24(3)13-18-9-10-22-23-18)25(20)12-17-7-5-4-6-8-17/h4-11,16H,12-15H2,1-3H3,(H,22,23). The molecule has 0 aliphatic carbocycles. The Hall–Kier alpha value is -2.45. The van der Waals surface area contributed by atoms with E-state index in [-0.39, 0.29) is 16.8 Å². The molecule has 0 spiro atoms. The molecule has 0 aliphatic heterocycles. The first-order valence-corrected chi connectivity index (χ1v) is 11.0. The van der Waals surface area contributed by atoms with Crippen molar-refractivity contribution in [3.05, 3.63) is 65.7 Å². The van der Waals surface area contributed by atoms with Gasteiger partial charge in [0, 0.05) is 25.0 Å². The van der Waals surface area contributed by atoms with Crippen LogP contribution in [0.15, 0.2) is 53.9 Å². The van der Waals surface area contributed by atoms with E-state index >= 15 is 0 Å². The van der Waals surface area contributed by atoms with Gasteiger partial charge in [-0.3, -0.25) is 10.00 Å². The van der Waals surface area contributed by atoms with E-state index in [2.05, 4.69) is 20.1 Å². The number of H-pyrrole nitrogens is 1. The minimum atomic E-state index is -3.46. The van der Waals surface area contributed by atoms with Crippen LogP contribution in [0.25, 0.3) is 0 Å². The number of aromatic amines is 1.